The van der Waals surface area contributed by atoms with Crippen LogP contribution in [0.3, 0.4) is 0 Å². The summed E-state index contributed by atoms with van der Waals surface area (Å²) in [5, 5.41) is 0. The van der Waals surface area contributed by atoms with Crippen molar-refractivity contribution in [1.29, 1.82) is 0 Å². The first-order chi connectivity index (χ1) is 11.1. The summed E-state index contributed by atoms with van der Waals surface area (Å²) in [7, 11) is 3.21. The third-order valence-corrected chi connectivity index (χ3v) is 4.42. The fraction of sp³-hybridized carbons (Fsp3) is 0.500. The molecule has 1 aromatic heterocycles. The van der Waals surface area contributed by atoms with Gasteiger partial charge in [-0.15, -0.1) is 0 Å². The zero-order chi connectivity index (χ0) is 16.8. The highest BCUT2D eigenvalue weighted by Gasteiger charge is 2.13. The van der Waals surface area contributed by atoms with E-state index in [1.165, 1.54) is 11.3 Å². The molecule has 2 rings (SSSR count). The van der Waals surface area contributed by atoms with Crippen LogP contribution in [-0.4, -0.2) is 37.9 Å². The molecule has 0 aliphatic heterocycles. The largest absolute Gasteiger partial charge is 0.493 e. The summed E-state index contributed by atoms with van der Waals surface area (Å²) < 4.78 is 19.1. The van der Waals surface area contributed by atoms with Gasteiger partial charge in [-0.3, -0.25) is 4.79 Å². The van der Waals surface area contributed by atoms with Crippen molar-refractivity contribution >= 4 is 27.5 Å². The minimum atomic E-state index is -0.138. The van der Waals surface area contributed by atoms with Crippen molar-refractivity contribution in [2.75, 3.05) is 27.4 Å². The zero-order valence-corrected chi connectivity index (χ0v) is 14.7. The molecule has 0 aliphatic carbocycles. The highest BCUT2D eigenvalue weighted by molar-refractivity contribution is 7.16. The molecule has 7 heteroatoms. The molecule has 0 aliphatic rings. The van der Waals surface area contributed by atoms with Crippen molar-refractivity contribution < 1.29 is 19.0 Å². The quantitative estimate of drug-likeness (QED) is 0.728. The first-order valence-electron chi connectivity index (χ1n) is 7.55. The summed E-state index contributed by atoms with van der Waals surface area (Å²) in [5.41, 5.74) is 0.954. The molecular formula is C16H22N2O4S. The Labute approximate surface area is 139 Å². The van der Waals surface area contributed by atoms with Crippen molar-refractivity contribution in [2.24, 2.45) is 4.99 Å². The number of hydrogen-bond acceptors (Lipinski definition) is 5. The number of carbonyl (C=O) groups excluding carboxylic acids is 1. The zero-order valence-electron chi connectivity index (χ0n) is 13.9. The number of hydrogen-bond donors (Lipinski definition) is 0. The second-order valence-electron chi connectivity index (χ2n) is 4.77. The molecule has 0 saturated carbocycles. The monoisotopic (exact) mass is 338 g/mol. The van der Waals surface area contributed by atoms with E-state index in [-0.39, 0.29) is 5.91 Å². The van der Waals surface area contributed by atoms with Crippen LogP contribution < -0.4 is 14.3 Å². The molecule has 1 amide bonds. The van der Waals surface area contributed by atoms with Crippen LogP contribution in [0.25, 0.3) is 10.2 Å². The van der Waals surface area contributed by atoms with Gasteiger partial charge < -0.3 is 18.8 Å². The molecule has 0 unspecified atom stereocenters. The van der Waals surface area contributed by atoms with Crippen molar-refractivity contribution in [1.82, 2.24) is 4.57 Å². The van der Waals surface area contributed by atoms with Gasteiger partial charge >= 0.3 is 0 Å². The lowest BCUT2D eigenvalue weighted by Gasteiger charge is -2.09. The molecule has 126 valence electrons. The Hall–Kier alpha value is -1.86. The number of methoxy groups -OCH3 is 2. The Kier molecular flexibility index (Phi) is 6.18. The number of amides is 1. The van der Waals surface area contributed by atoms with Crippen LogP contribution in [0.5, 0.6) is 11.5 Å². The summed E-state index contributed by atoms with van der Waals surface area (Å²) in [6, 6.07) is 3.82. The molecule has 0 bridgehead atoms. The summed E-state index contributed by atoms with van der Waals surface area (Å²) >= 11 is 1.46. The predicted molar refractivity (Wildman–Crippen MR) is 90.3 cm³/mol. The van der Waals surface area contributed by atoms with E-state index in [0.29, 0.717) is 42.5 Å². The Morgan fingerprint density at radius 1 is 1.22 bits per heavy atom. The lowest BCUT2D eigenvalue weighted by atomic mass is 10.3. The van der Waals surface area contributed by atoms with Gasteiger partial charge in [0.15, 0.2) is 16.3 Å². The predicted octanol–water partition coefficient (Wildman–Crippen LogP) is 2.59. The van der Waals surface area contributed by atoms with Crippen LogP contribution >= 0.6 is 11.3 Å². The van der Waals surface area contributed by atoms with Gasteiger partial charge in [-0.1, -0.05) is 18.3 Å². The van der Waals surface area contributed by atoms with Gasteiger partial charge in [-0.25, -0.2) is 0 Å². The minimum Gasteiger partial charge on any atom is -0.493 e. The number of carbonyl (C=O) groups is 1. The van der Waals surface area contributed by atoms with Gasteiger partial charge in [0.2, 0.25) is 5.91 Å². The van der Waals surface area contributed by atoms with Gasteiger partial charge in [0.05, 0.1) is 31.0 Å². The highest BCUT2D eigenvalue weighted by Crippen LogP contribution is 2.33. The molecule has 23 heavy (non-hydrogen) atoms. The van der Waals surface area contributed by atoms with Crippen LogP contribution in [0.4, 0.5) is 0 Å². The van der Waals surface area contributed by atoms with E-state index >= 15 is 0 Å². The lowest BCUT2D eigenvalue weighted by Crippen LogP contribution is -2.19. The normalized spacial score (nSPS) is 11.9. The number of aromatic nitrogens is 1. The van der Waals surface area contributed by atoms with E-state index in [1.54, 1.807) is 21.1 Å². The summed E-state index contributed by atoms with van der Waals surface area (Å²) in [5.74, 6) is 1.17. The topological polar surface area (TPSA) is 62.1 Å². The van der Waals surface area contributed by atoms with E-state index < -0.39 is 0 Å². The molecule has 0 saturated heterocycles. The van der Waals surface area contributed by atoms with Gasteiger partial charge in [-0.2, -0.15) is 4.99 Å². The summed E-state index contributed by atoms with van der Waals surface area (Å²) in [6.45, 7) is 5.59. The molecule has 0 atom stereocenters. The maximum absolute atomic E-state index is 11.7. The number of benzene rings is 1. The van der Waals surface area contributed by atoms with Crippen LogP contribution in [0.1, 0.15) is 20.3 Å². The van der Waals surface area contributed by atoms with Gasteiger partial charge in [0.1, 0.15) is 0 Å². The molecule has 0 fully saturated rings. The Bertz CT molecular complexity index is 748. The smallest absolute Gasteiger partial charge is 0.248 e. The number of thiazole rings is 1. The second-order valence-corrected chi connectivity index (χ2v) is 5.78. The standard InChI is InChI=1S/C16H22N2O4S/c1-5-15(19)17-16-18(7-8-22-6-2)11-9-12(20-3)13(21-4)10-14(11)23-16/h9-10H,5-8H2,1-4H3. The maximum Gasteiger partial charge on any atom is 0.248 e. The maximum atomic E-state index is 11.7. The fourth-order valence-corrected chi connectivity index (χ4v) is 3.27. The summed E-state index contributed by atoms with van der Waals surface area (Å²) in [6.07, 6.45) is 0.381. The molecule has 2 aromatic rings. The lowest BCUT2D eigenvalue weighted by molar-refractivity contribution is -0.117. The van der Waals surface area contributed by atoms with E-state index in [4.69, 9.17) is 14.2 Å². The summed E-state index contributed by atoms with van der Waals surface area (Å²) in [4.78, 5) is 16.6. The number of ether oxygens (including phenoxy) is 3. The van der Waals surface area contributed by atoms with Crippen LogP contribution in [0.2, 0.25) is 0 Å². The van der Waals surface area contributed by atoms with Gasteiger partial charge in [-0.05, 0) is 6.92 Å². The SMILES string of the molecule is CCOCCn1c(=NC(=O)CC)sc2cc(OC)c(OC)cc21. The number of nitrogens with zero attached hydrogens (tertiary/aromatic N) is 2. The Morgan fingerprint density at radius 3 is 2.52 bits per heavy atom. The van der Waals surface area contributed by atoms with E-state index in [1.807, 2.05) is 23.6 Å². The molecule has 6 nitrogen and oxygen atoms in total. The van der Waals surface area contributed by atoms with Crippen molar-refractivity contribution in [3.63, 3.8) is 0 Å². The Morgan fingerprint density at radius 2 is 1.91 bits per heavy atom. The second kappa shape index (κ2) is 8.12. The van der Waals surface area contributed by atoms with E-state index in [2.05, 4.69) is 4.99 Å². The van der Waals surface area contributed by atoms with Crippen LogP contribution in [-0.2, 0) is 16.1 Å². The van der Waals surface area contributed by atoms with Gasteiger partial charge in [0.25, 0.3) is 0 Å². The highest BCUT2D eigenvalue weighted by atomic mass is 32.1. The average Bonchev–Trinajstić information content (AvgIpc) is 2.89. The first-order valence-corrected chi connectivity index (χ1v) is 8.36. The third kappa shape index (κ3) is 3.92. The van der Waals surface area contributed by atoms with E-state index in [9.17, 15) is 4.79 Å². The minimum absolute atomic E-state index is 0.138. The molecule has 1 heterocycles. The molecular weight excluding hydrogens is 316 g/mol. The van der Waals surface area contributed by atoms with Crippen molar-refractivity contribution in [3.05, 3.63) is 16.9 Å². The average molecular weight is 338 g/mol. The first kappa shape index (κ1) is 17.5. The molecule has 0 N–H and O–H groups in total. The third-order valence-electron chi connectivity index (χ3n) is 3.37. The fourth-order valence-electron chi connectivity index (χ4n) is 2.18. The Balaban J connectivity index is 2.61. The van der Waals surface area contributed by atoms with Crippen LogP contribution in [0, 0.1) is 0 Å². The number of rotatable bonds is 7. The van der Waals surface area contributed by atoms with Crippen molar-refractivity contribution in [3.8, 4) is 11.5 Å². The van der Waals surface area contributed by atoms with Crippen molar-refractivity contribution in [2.45, 2.75) is 26.8 Å². The molecule has 0 spiro atoms. The molecule has 1 aromatic carbocycles. The van der Waals surface area contributed by atoms with Crippen LogP contribution in [0.15, 0.2) is 17.1 Å². The van der Waals surface area contributed by atoms with E-state index in [0.717, 1.165) is 10.2 Å². The molecule has 0 radical (unpaired) electrons. The van der Waals surface area contributed by atoms with Gasteiger partial charge in [0, 0.05) is 31.7 Å². The number of fused-ring (bicyclic) bond motifs is 1.